The van der Waals surface area contributed by atoms with Crippen LogP contribution in [0.15, 0.2) is 33.5 Å². The molecule has 0 radical (unpaired) electrons. The summed E-state index contributed by atoms with van der Waals surface area (Å²) in [6.07, 6.45) is -8.53. The Morgan fingerprint density at radius 1 is 1.12 bits per heavy atom. The number of carboxylic acid groups (broad SMARTS) is 1. The summed E-state index contributed by atoms with van der Waals surface area (Å²) in [7, 11) is 0. The number of benzene rings is 1. The second-order valence-electron chi connectivity index (χ2n) is 5.76. The van der Waals surface area contributed by atoms with Gasteiger partial charge in [-0.15, -0.1) is 0 Å². The quantitative estimate of drug-likeness (QED) is 0.530. The fraction of sp³-hybridized carbons (Fsp3) is 0.375. The van der Waals surface area contributed by atoms with Gasteiger partial charge in [0, 0.05) is 17.5 Å². The van der Waals surface area contributed by atoms with Crippen LogP contribution in [-0.4, -0.2) is 57.1 Å². The molecule has 4 N–H and O–H groups in total. The second-order valence-corrected chi connectivity index (χ2v) is 5.76. The highest BCUT2D eigenvalue weighted by Gasteiger charge is 2.48. The van der Waals surface area contributed by atoms with E-state index in [2.05, 4.69) is 0 Å². The summed E-state index contributed by atoms with van der Waals surface area (Å²) in [4.78, 5) is 22.5. The Balaban J connectivity index is 1.89. The van der Waals surface area contributed by atoms with Gasteiger partial charge in [0.2, 0.25) is 6.29 Å². The average Bonchev–Trinajstić information content (AvgIpc) is 2.54. The zero-order valence-electron chi connectivity index (χ0n) is 13.0. The molecule has 0 aliphatic carbocycles. The van der Waals surface area contributed by atoms with Gasteiger partial charge in [-0.25, -0.2) is 9.59 Å². The normalized spacial score (nSPS) is 29.5. The maximum absolute atomic E-state index is 11.5. The van der Waals surface area contributed by atoms with E-state index in [1.807, 2.05) is 0 Å². The van der Waals surface area contributed by atoms with Crippen LogP contribution < -0.4 is 10.4 Å². The Morgan fingerprint density at radius 3 is 2.52 bits per heavy atom. The van der Waals surface area contributed by atoms with Crippen molar-refractivity contribution in [3.05, 3.63) is 40.2 Å². The van der Waals surface area contributed by atoms with Gasteiger partial charge in [0.05, 0.1) is 0 Å². The maximum atomic E-state index is 11.5. The number of aliphatic hydroxyl groups is 3. The molecule has 0 amide bonds. The molecule has 9 nitrogen and oxygen atoms in total. The number of aliphatic hydroxyl groups excluding tert-OH is 3. The van der Waals surface area contributed by atoms with Gasteiger partial charge in [0.15, 0.2) is 6.10 Å². The molecule has 1 saturated heterocycles. The van der Waals surface area contributed by atoms with Crippen LogP contribution >= 0.6 is 0 Å². The Hall–Kier alpha value is -2.46. The molecule has 9 heteroatoms. The van der Waals surface area contributed by atoms with E-state index >= 15 is 0 Å². The summed E-state index contributed by atoms with van der Waals surface area (Å²) in [6.45, 7) is 1.74. The van der Waals surface area contributed by atoms with E-state index < -0.39 is 42.3 Å². The van der Waals surface area contributed by atoms with Gasteiger partial charge in [0.1, 0.15) is 29.6 Å². The van der Waals surface area contributed by atoms with E-state index in [0.29, 0.717) is 10.9 Å². The molecule has 1 aromatic carbocycles. The molecule has 2 aromatic rings. The fourth-order valence-corrected chi connectivity index (χ4v) is 2.66. The molecule has 25 heavy (non-hydrogen) atoms. The van der Waals surface area contributed by atoms with Crippen LogP contribution in [0.1, 0.15) is 5.56 Å². The average molecular weight is 352 g/mol. The monoisotopic (exact) mass is 352 g/mol. The Kier molecular flexibility index (Phi) is 4.48. The standard InChI is InChI=1S/C16H16O9/c1-6-4-10(17)24-9-5-7(2-3-8(6)9)23-16-13(20)11(18)12(19)14(25-16)15(21)22/h2-5,11-14,16,18-20H,1H3,(H,21,22)/t11-,12-,13+,14-,16?/m0/s1. The van der Waals surface area contributed by atoms with Crippen molar-refractivity contribution in [3.8, 4) is 5.75 Å². The SMILES string of the molecule is Cc1cc(=O)oc2cc(OC3O[C@H](C(=O)O)[C@@H](O)[C@H](O)[C@H]3O)ccc12. The van der Waals surface area contributed by atoms with Gasteiger partial charge in [-0.2, -0.15) is 0 Å². The molecule has 0 saturated carbocycles. The van der Waals surface area contributed by atoms with Gasteiger partial charge in [-0.05, 0) is 24.6 Å². The molecular weight excluding hydrogens is 336 g/mol. The van der Waals surface area contributed by atoms with Crippen LogP contribution in [0.4, 0.5) is 0 Å². The van der Waals surface area contributed by atoms with Gasteiger partial charge in [0.25, 0.3) is 0 Å². The lowest BCUT2D eigenvalue weighted by Gasteiger charge is -2.38. The number of hydrogen-bond acceptors (Lipinski definition) is 8. The van der Waals surface area contributed by atoms with Gasteiger partial charge < -0.3 is 34.3 Å². The third-order valence-corrected chi connectivity index (χ3v) is 3.99. The van der Waals surface area contributed by atoms with E-state index in [0.717, 1.165) is 0 Å². The lowest BCUT2D eigenvalue weighted by atomic mass is 9.99. The number of carboxylic acids is 1. The summed E-state index contributed by atoms with van der Waals surface area (Å²) in [5, 5.41) is 39.1. The first-order valence-corrected chi connectivity index (χ1v) is 7.41. The molecule has 0 bridgehead atoms. The zero-order valence-corrected chi connectivity index (χ0v) is 13.0. The predicted octanol–water partition coefficient (Wildman–Crippen LogP) is -0.628. The molecule has 0 spiro atoms. The first kappa shape index (κ1) is 17.4. The number of hydrogen-bond donors (Lipinski definition) is 4. The highest BCUT2D eigenvalue weighted by atomic mass is 16.7. The van der Waals surface area contributed by atoms with Crippen molar-refractivity contribution in [1.29, 1.82) is 0 Å². The van der Waals surface area contributed by atoms with Gasteiger partial charge >= 0.3 is 11.6 Å². The molecule has 1 unspecified atom stereocenters. The summed E-state index contributed by atoms with van der Waals surface area (Å²) >= 11 is 0. The number of aryl methyl sites for hydroxylation is 1. The van der Waals surface area contributed by atoms with E-state index in [1.165, 1.54) is 18.2 Å². The third-order valence-electron chi connectivity index (χ3n) is 3.99. The Labute approximate surface area is 140 Å². The van der Waals surface area contributed by atoms with E-state index in [-0.39, 0.29) is 11.3 Å². The van der Waals surface area contributed by atoms with Crippen molar-refractivity contribution in [2.24, 2.45) is 0 Å². The largest absolute Gasteiger partial charge is 0.479 e. The molecular formula is C16H16O9. The Bertz CT molecular complexity index is 858. The molecule has 1 aromatic heterocycles. The molecule has 1 aliphatic heterocycles. The van der Waals surface area contributed by atoms with Crippen molar-refractivity contribution in [2.75, 3.05) is 0 Å². The minimum atomic E-state index is -1.80. The summed E-state index contributed by atoms with van der Waals surface area (Å²) in [5.41, 5.74) is 0.403. The van der Waals surface area contributed by atoms with Crippen LogP contribution in [0.2, 0.25) is 0 Å². The molecule has 5 atom stereocenters. The minimum Gasteiger partial charge on any atom is -0.479 e. The molecule has 1 fully saturated rings. The van der Waals surface area contributed by atoms with Gasteiger partial charge in [-0.1, -0.05) is 0 Å². The van der Waals surface area contributed by atoms with Crippen LogP contribution in [0.3, 0.4) is 0 Å². The first-order chi connectivity index (χ1) is 11.8. The van der Waals surface area contributed by atoms with Crippen molar-refractivity contribution >= 4 is 16.9 Å². The number of carbonyl (C=O) groups is 1. The highest BCUT2D eigenvalue weighted by Crippen LogP contribution is 2.27. The van der Waals surface area contributed by atoms with E-state index in [9.17, 15) is 24.9 Å². The molecule has 134 valence electrons. The third kappa shape index (κ3) is 3.22. The smallest absolute Gasteiger partial charge is 0.336 e. The summed E-state index contributed by atoms with van der Waals surface area (Å²) in [5.74, 6) is -1.38. The van der Waals surface area contributed by atoms with E-state index in [4.69, 9.17) is 19.0 Å². The number of rotatable bonds is 3. The lowest BCUT2D eigenvalue weighted by molar-refractivity contribution is -0.271. The van der Waals surface area contributed by atoms with Crippen molar-refractivity contribution in [3.63, 3.8) is 0 Å². The number of ether oxygens (including phenoxy) is 2. The topological polar surface area (TPSA) is 147 Å². The number of fused-ring (bicyclic) bond motifs is 1. The van der Waals surface area contributed by atoms with Crippen molar-refractivity contribution in [1.82, 2.24) is 0 Å². The lowest BCUT2D eigenvalue weighted by Crippen LogP contribution is -2.61. The van der Waals surface area contributed by atoms with Crippen LogP contribution in [-0.2, 0) is 9.53 Å². The fourth-order valence-electron chi connectivity index (χ4n) is 2.66. The predicted molar refractivity (Wildman–Crippen MR) is 82.2 cm³/mol. The molecule has 2 heterocycles. The van der Waals surface area contributed by atoms with Crippen molar-refractivity contribution in [2.45, 2.75) is 37.6 Å². The highest BCUT2D eigenvalue weighted by molar-refractivity contribution is 5.81. The maximum Gasteiger partial charge on any atom is 0.336 e. The summed E-state index contributed by atoms with van der Waals surface area (Å²) < 4.78 is 15.5. The van der Waals surface area contributed by atoms with Gasteiger partial charge in [-0.3, -0.25) is 0 Å². The second kappa shape index (κ2) is 6.45. The van der Waals surface area contributed by atoms with Crippen LogP contribution in [0.25, 0.3) is 11.0 Å². The number of aliphatic carboxylic acids is 1. The summed E-state index contributed by atoms with van der Waals surface area (Å²) in [6, 6.07) is 5.86. The van der Waals surface area contributed by atoms with Crippen LogP contribution in [0.5, 0.6) is 5.75 Å². The van der Waals surface area contributed by atoms with Crippen LogP contribution in [0, 0.1) is 6.92 Å². The molecule has 1 aliphatic rings. The van der Waals surface area contributed by atoms with E-state index in [1.54, 1.807) is 13.0 Å². The zero-order chi connectivity index (χ0) is 18.3. The molecule has 3 rings (SSSR count). The minimum absolute atomic E-state index is 0.123. The first-order valence-electron chi connectivity index (χ1n) is 7.41. The van der Waals surface area contributed by atoms with Crippen molar-refractivity contribution < 1.29 is 39.1 Å². The Morgan fingerprint density at radius 2 is 1.84 bits per heavy atom.